The lowest BCUT2D eigenvalue weighted by molar-refractivity contribution is -0.119. The normalized spacial score (nSPS) is 18.5. The molecule has 6 nitrogen and oxygen atoms in total. The van der Waals surface area contributed by atoms with Crippen LogP contribution in [0.3, 0.4) is 0 Å². The smallest absolute Gasteiger partial charge is 0.217 e. The summed E-state index contributed by atoms with van der Waals surface area (Å²) in [6, 6.07) is 2.08. The van der Waals surface area contributed by atoms with E-state index in [9.17, 15) is 4.79 Å². The molecule has 0 saturated carbocycles. The Morgan fingerprint density at radius 1 is 1.45 bits per heavy atom. The maximum Gasteiger partial charge on any atom is 0.217 e. The molecule has 7 heteroatoms. The lowest BCUT2D eigenvalue weighted by Crippen LogP contribution is -2.25. The van der Waals surface area contributed by atoms with Crippen molar-refractivity contribution in [2.24, 2.45) is 0 Å². The average Bonchev–Trinajstić information content (AvgIpc) is 3.18. The highest BCUT2D eigenvalue weighted by molar-refractivity contribution is 7.09. The Hall–Kier alpha value is -1.86. The molecule has 1 aliphatic rings. The number of likely N-dealkylation sites (tertiary alicyclic amines) is 1. The van der Waals surface area contributed by atoms with Crippen LogP contribution in [0, 0.1) is 0 Å². The standard InChI is InChI=1S/C15H19N5OS/c1-11(21)18-9-12-4-5-17-15(19-12)13-3-2-7-20(13)10-14-16-6-8-22-14/h4-6,8,13H,2-3,7,9-10H2,1H3,(H,18,21). The minimum Gasteiger partial charge on any atom is -0.351 e. The van der Waals surface area contributed by atoms with Gasteiger partial charge >= 0.3 is 0 Å². The van der Waals surface area contributed by atoms with Crippen molar-refractivity contribution >= 4 is 17.2 Å². The van der Waals surface area contributed by atoms with Gasteiger partial charge in [0.1, 0.15) is 10.8 Å². The Bertz CT molecular complexity index is 631. The van der Waals surface area contributed by atoms with E-state index in [1.54, 1.807) is 17.5 Å². The van der Waals surface area contributed by atoms with E-state index in [1.807, 2.05) is 17.6 Å². The van der Waals surface area contributed by atoms with Crippen LogP contribution >= 0.6 is 11.3 Å². The van der Waals surface area contributed by atoms with Gasteiger partial charge in [-0.05, 0) is 25.5 Å². The number of aromatic nitrogens is 3. The van der Waals surface area contributed by atoms with Crippen LogP contribution in [0.2, 0.25) is 0 Å². The molecule has 2 aromatic heterocycles. The van der Waals surface area contributed by atoms with E-state index in [0.29, 0.717) is 6.54 Å². The zero-order valence-corrected chi connectivity index (χ0v) is 13.3. The summed E-state index contributed by atoms with van der Waals surface area (Å²) in [6.45, 7) is 3.85. The fourth-order valence-electron chi connectivity index (χ4n) is 2.70. The van der Waals surface area contributed by atoms with Crippen LogP contribution < -0.4 is 5.32 Å². The molecule has 2 aromatic rings. The number of hydrogen-bond acceptors (Lipinski definition) is 6. The fourth-order valence-corrected chi connectivity index (χ4v) is 3.34. The number of nitrogens with one attached hydrogen (secondary N) is 1. The molecule has 22 heavy (non-hydrogen) atoms. The molecule has 0 aromatic carbocycles. The SMILES string of the molecule is CC(=O)NCc1ccnc(C2CCCN2Cc2nccs2)n1. The van der Waals surface area contributed by atoms with Gasteiger partial charge in [-0.25, -0.2) is 15.0 Å². The Kier molecular flexibility index (Phi) is 4.74. The van der Waals surface area contributed by atoms with Crippen LogP contribution in [0.15, 0.2) is 23.8 Å². The van der Waals surface area contributed by atoms with Gasteiger partial charge in [-0.3, -0.25) is 9.69 Å². The van der Waals surface area contributed by atoms with Crippen LogP contribution in [0.5, 0.6) is 0 Å². The van der Waals surface area contributed by atoms with Gasteiger partial charge in [-0.2, -0.15) is 0 Å². The van der Waals surface area contributed by atoms with Gasteiger partial charge in [0.25, 0.3) is 0 Å². The third kappa shape index (κ3) is 3.66. The number of thiazole rings is 1. The molecule has 3 rings (SSSR count). The second-order valence-electron chi connectivity index (χ2n) is 5.37. The first-order chi connectivity index (χ1) is 10.7. The zero-order chi connectivity index (χ0) is 15.4. The fraction of sp³-hybridized carbons (Fsp3) is 0.467. The van der Waals surface area contributed by atoms with E-state index >= 15 is 0 Å². The van der Waals surface area contributed by atoms with Crippen LogP contribution in [0.4, 0.5) is 0 Å². The number of nitrogens with zero attached hydrogens (tertiary/aromatic N) is 4. The highest BCUT2D eigenvalue weighted by Gasteiger charge is 2.28. The van der Waals surface area contributed by atoms with E-state index in [1.165, 1.54) is 6.92 Å². The van der Waals surface area contributed by atoms with E-state index in [-0.39, 0.29) is 11.9 Å². The predicted molar refractivity (Wildman–Crippen MR) is 84.1 cm³/mol. The van der Waals surface area contributed by atoms with Crippen molar-refractivity contribution in [3.63, 3.8) is 0 Å². The first kappa shape index (κ1) is 15.1. The summed E-state index contributed by atoms with van der Waals surface area (Å²) in [5, 5.41) is 5.91. The lowest BCUT2D eigenvalue weighted by atomic mass is 10.2. The molecule has 1 unspecified atom stereocenters. The Morgan fingerprint density at radius 3 is 3.14 bits per heavy atom. The molecule has 0 radical (unpaired) electrons. The predicted octanol–water partition coefficient (Wildman–Crippen LogP) is 1.91. The summed E-state index contributed by atoms with van der Waals surface area (Å²) in [6.07, 6.45) is 5.83. The third-order valence-corrected chi connectivity index (χ3v) is 4.50. The van der Waals surface area contributed by atoms with Gasteiger partial charge in [-0.15, -0.1) is 11.3 Å². The van der Waals surface area contributed by atoms with E-state index < -0.39 is 0 Å². The average molecular weight is 317 g/mol. The van der Waals surface area contributed by atoms with Crippen molar-refractivity contribution in [2.75, 3.05) is 6.54 Å². The molecule has 1 atom stereocenters. The van der Waals surface area contributed by atoms with Crippen molar-refractivity contribution in [2.45, 2.75) is 38.9 Å². The molecule has 1 saturated heterocycles. The number of amides is 1. The first-order valence-electron chi connectivity index (χ1n) is 7.41. The van der Waals surface area contributed by atoms with Crippen molar-refractivity contribution < 1.29 is 4.79 Å². The highest BCUT2D eigenvalue weighted by atomic mass is 32.1. The number of carbonyl (C=O) groups excluding carboxylic acids is 1. The number of carbonyl (C=O) groups is 1. The maximum atomic E-state index is 11.0. The highest BCUT2D eigenvalue weighted by Crippen LogP contribution is 2.31. The van der Waals surface area contributed by atoms with Gasteiger partial charge in [0.2, 0.25) is 5.91 Å². The number of rotatable bonds is 5. The monoisotopic (exact) mass is 317 g/mol. The molecule has 0 aliphatic carbocycles. The van der Waals surface area contributed by atoms with E-state index in [4.69, 9.17) is 0 Å². The molecule has 1 aliphatic heterocycles. The molecule has 116 valence electrons. The molecule has 1 amide bonds. The van der Waals surface area contributed by atoms with Crippen molar-refractivity contribution in [1.29, 1.82) is 0 Å². The first-order valence-corrected chi connectivity index (χ1v) is 8.29. The van der Waals surface area contributed by atoms with Gasteiger partial charge in [-0.1, -0.05) is 0 Å². The number of hydrogen-bond donors (Lipinski definition) is 1. The molecular weight excluding hydrogens is 298 g/mol. The minimum atomic E-state index is -0.0496. The molecule has 0 spiro atoms. The van der Waals surface area contributed by atoms with Crippen molar-refractivity contribution in [3.05, 3.63) is 40.4 Å². The second-order valence-corrected chi connectivity index (χ2v) is 6.35. The Morgan fingerprint density at radius 2 is 2.36 bits per heavy atom. The lowest BCUT2D eigenvalue weighted by Gasteiger charge is -2.22. The topological polar surface area (TPSA) is 71.0 Å². The van der Waals surface area contributed by atoms with Crippen LogP contribution in [-0.4, -0.2) is 32.3 Å². The van der Waals surface area contributed by atoms with Crippen molar-refractivity contribution in [1.82, 2.24) is 25.2 Å². The quantitative estimate of drug-likeness (QED) is 0.912. The molecule has 0 bridgehead atoms. The summed E-state index contributed by atoms with van der Waals surface area (Å²) in [5.74, 6) is 0.795. The zero-order valence-electron chi connectivity index (χ0n) is 12.5. The van der Waals surface area contributed by atoms with Gasteiger partial charge in [0.15, 0.2) is 0 Å². The molecule has 3 heterocycles. The van der Waals surface area contributed by atoms with Gasteiger partial charge in [0.05, 0.1) is 24.8 Å². The Balaban J connectivity index is 1.71. The van der Waals surface area contributed by atoms with Gasteiger partial charge < -0.3 is 5.32 Å². The summed E-state index contributed by atoms with van der Waals surface area (Å²) in [5.41, 5.74) is 0.848. The van der Waals surface area contributed by atoms with E-state index in [0.717, 1.165) is 42.5 Å². The largest absolute Gasteiger partial charge is 0.351 e. The summed E-state index contributed by atoms with van der Waals surface area (Å²) in [4.78, 5) is 26.8. The Labute approximate surface area is 133 Å². The van der Waals surface area contributed by atoms with Crippen LogP contribution in [0.25, 0.3) is 0 Å². The second kappa shape index (κ2) is 6.93. The van der Waals surface area contributed by atoms with Crippen LogP contribution in [0.1, 0.15) is 42.3 Å². The molecule has 1 N–H and O–H groups in total. The van der Waals surface area contributed by atoms with E-state index in [2.05, 4.69) is 25.2 Å². The maximum absolute atomic E-state index is 11.0. The molecular formula is C15H19N5OS. The summed E-state index contributed by atoms with van der Waals surface area (Å²) < 4.78 is 0. The minimum absolute atomic E-state index is 0.0496. The van der Waals surface area contributed by atoms with Gasteiger partial charge in [0, 0.05) is 24.7 Å². The summed E-state index contributed by atoms with van der Waals surface area (Å²) >= 11 is 1.68. The van der Waals surface area contributed by atoms with Crippen LogP contribution in [-0.2, 0) is 17.9 Å². The summed E-state index contributed by atoms with van der Waals surface area (Å²) in [7, 11) is 0. The third-order valence-electron chi connectivity index (χ3n) is 3.73. The van der Waals surface area contributed by atoms with Crippen molar-refractivity contribution in [3.8, 4) is 0 Å². The molecule has 1 fully saturated rings.